The Morgan fingerprint density at radius 2 is 2.06 bits per heavy atom. The van der Waals surface area contributed by atoms with Gasteiger partial charge in [-0.05, 0) is 24.9 Å². The maximum atomic E-state index is 3.75. The molecule has 2 rings (SSSR count). The second-order valence-corrected chi connectivity index (χ2v) is 6.14. The highest BCUT2D eigenvalue weighted by Gasteiger charge is 2.25. The minimum absolute atomic E-state index is 0.594. The summed E-state index contributed by atoms with van der Waals surface area (Å²) in [4.78, 5) is 3.22. The van der Waals surface area contributed by atoms with Crippen molar-refractivity contribution in [2.45, 2.75) is 43.6 Å². The predicted octanol–water partition coefficient (Wildman–Crippen LogP) is 3.82. The monoisotopic (exact) mass is 281 g/mol. The van der Waals surface area contributed by atoms with Crippen LogP contribution in [0.1, 0.15) is 31.7 Å². The Kier molecular flexibility index (Phi) is 4.42. The molecule has 0 bridgehead atoms. The number of piperidine rings is 1. The van der Waals surface area contributed by atoms with Crippen LogP contribution in [0.4, 0.5) is 0 Å². The van der Waals surface area contributed by atoms with Crippen LogP contribution < -0.4 is 0 Å². The lowest BCUT2D eigenvalue weighted by molar-refractivity contribution is 0.141. The van der Waals surface area contributed by atoms with E-state index in [0.717, 1.165) is 6.54 Å². The largest absolute Gasteiger partial charge is 0.295 e. The van der Waals surface area contributed by atoms with Crippen LogP contribution in [-0.2, 0) is 6.54 Å². The van der Waals surface area contributed by atoms with E-state index in [1.807, 2.05) is 0 Å². The summed E-state index contributed by atoms with van der Waals surface area (Å²) in [6.45, 7) is 4.62. The van der Waals surface area contributed by atoms with Gasteiger partial charge in [-0.25, -0.2) is 0 Å². The molecule has 0 amide bonds. The van der Waals surface area contributed by atoms with Crippen LogP contribution in [0.15, 0.2) is 30.3 Å². The van der Waals surface area contributed by atoms with Gasteiger partial charge in [-0.2, -0.15) is 0 Å². The predicted molar refractivity (Wildman–Crippen MR) is 72.9 cm³/mol. The van der Waals surface area contributed by atoms with Gasteiger partial charge in [0.1, 0.15) is 0 Å². The van der Waals surface area contributed by atoms with E-state index in [-0.39, 0.29) is 0 Å². The molecule has 1 aromatic rings. The maximum absolute atomic E-state index is 3.75. The van der Waals surface area contributed by atoms with Crippen LogP contribution in [0.5, 0.6) is 0 Å². The molecule has 0 aliphatic carbocycles. The van der Waals surface area contributed by atoms with Gasteiger partial charge in [0.25, 0.3) is 0 Å². The first-order chi connectivity index (χ1) is 7.77. The average Bonchev–Trinajstić information content (AvgIpc) is 2.31. The van der Waals surface area contributed by atoms with E-state index >= 15 is 0 Å². The quantitative estimate of drug-likeness (QED) is 0.762. The van der Waals surface area contributed by atoms with Crippen molar-refractivity contribution in [3.05, 3.63) is 35.9 Å². The lowest BCUT2D eigenvalue weighted by Crippen LogP contribution is -2.43. The highest BCUT2D eigenvalue weighted by molar-refractivity contribution is 9.09. The summed E-state index contributed by atoms with van der Waals surface area (Å²) in [7, 11) is 0. The lowest BCUT2D eigenvalue weighted by atomic mass is 9.99. The first-order valence-electron chi connectivity index (χ1n) is 6.19. The second-order valence-electron chi connectivity index (χ2n) is 4.70. The molecular formula is C14H20BrN. The normalized spacial score (nSPS) is 24.2. The number of hydrogen-bond acceptors (Lipinski definition) is 1. The Balaban J connectivity index is 2.01. The smallest absolute Gasteiger partial charge is 0.0273 e. The van der Waals surface area contributed by atoms with E-state index in [1.54, 1.807) is 0 Å². The Labute approximate surface area is 107 Å². The van der Waals surface area contributed by atoms with E-state index in [0.29, 0.717) is 10.9 Å². The van der Waals surface area contributed by atoms with Crippen molar-refractivity contribution in [3.8, 4) is 0 Å². The first-order valence-corrected chi connectivity index (χ1v) is 7.11. The molecule has 0 N–H and O–H groups in total. The molecule has 1 aliphatic heterocycles. The van der Waals surface area contributed by atoms with Crippen LogP contribution in [0.2, 0.25) is 0 Å². The zero-order valence-corrected chi connectivity index (χ0v) is 11.5. The van der Waals surface area contributed by atoms with E-state index in [2.05, 4.69) is 58.1 Å². The first kappa shape index (κ1) is 12.1. The molecule has 1 aromatic carbocycles. The fraction of sp³-hybridized carbons (Fsp3) is 0.571. The molecule has 2 atom stereocenters. The molecule has 88 valence electrons. The van der Waals surface area contributed by atoms with Gasteiger partial charge in [0, 0.05) is 17.4 Å². The molecule has 0 aromatic heterocycles. The third-order valence-corrected chi connectivity index (χ3v) is 4.03. The minimum Gasteiger partial charge on any atom is -0.295 e. The lowest BCUT2D eigenvalue weighted by Gasteiger charge is -2.37. The molecular weight excluding hydrogens is 262 g/mol. The van der Waals surface area contributed by atoms with Crippen LogP contribution in [0, 0.1) is 0 Å². The molecule has 1 aliphatic rings. The minimum atomic E-state index is 0.594. The summed E-state index contributed by atoms with van der Waals surface area (Å²) >= 11 is 3.75. The van der Waals surface area contributed by atoms with E-state index in [4.69, 9.17) is 0 Å². The van der Waals surface area contributed by atoms with Crippen molar-refractivity contribution in [3.63, 3.8) is 0 Å². The molecule has 2 heteroatoms. The second kappa shape index (κ2) is 5.83. The number of nitrogens with zero attached hydrogens (tertiary/aromatic N) is 1. The summed E-state index contributed by atoms with van der Waals surface area (Å²) < 4.78 is 0. The van der Waals surface area contributed by atoms with E-state index in [1.165, 1.54) is 31.4 Å². The van der Waals surface area contributed by atoms with Crippen molar-refractivity contribution in [1.82, 2.24) is 4.90 Å². The molecule has 0 saturated carbocycles. The average molecular weight is 282 g/mol. The third kappa shape index (κ3) is 3.08. The van der Waals surface area contributed by atoms with Gasteiger partial charge in [-0.3, -0.25) is 4.90 Å². The van der Waals surface area contributed by atoms with Crippen LogP contribution >= 0.6 is 15.9 Å². The Morgan fingerprint density at radius 1 is 1.31 bits per heavy atom. The van der Waals surface area contributed by atoms with Crippen molar-refractivity contribution in [2.24, 2.45) is 0 Å². The molecule has 1 fully saturated rings. The van der Waals surface area contributed by atoms with Crippen LogP contribution in [0.3, 0.4) is 0 Å². The maximum Gasteiger partial charge on any atom is 0.0273 e. The van der Waals surface area contributed by atoms with Gasteiger partial charge in [0.05, 0.1) is 0 Å². The number of hydrogen-bond donors (Lipinski definition) is 0. The van der Waals surface area contributed by atoms with Gasteiger partial charge in [0.2, 0.25) is 0 Å². The summed E-state index contributed by atoms with van der Waals surface area (Å²) in [5, 5.41) is 0. The number of benzene rings is 1. The van der Waals surface area contributed by atoms with Gasteiger partial charge >= 0.3 is 0 Å². The summed E-state index contributed by atoms with van der Waals surface area (Å²) in [5.74, 6) is 0. The van der Waals surface area contributed by atoms with Crippen molar-refractivity contribution < 1.29 is 0 Å². The molecule has 1 heterocycles. The van der Waals surface area contributed by atoms with Gasteiger partial charge in [-0.1, -0.05) is 59.6 Å². The number of rotatable bonds is 3. The third-order valence-electron chi connectivity index (χ3n) is 3.42. The molecule has 1 saturated heterocycles. The standard InChI is InChI=1S/C14H20BrN/c1-12(15)14-9-5-6-10-16(14)11-13-7-3-2-4-8-13/h2-4,7-8,12,14H,5-6,9-11H2,1H3. The number of likely N-dealkylation sites (tertiary alicyclic amines) is 1. The molecule has 1 nitrogen and oxygen atoms in total. The van der Waals surface area contributed by atoms with Gasteiger partial charge < -0.3 is 0 Å². The topological polar surface area (TPSA) is 3.24 Å². The number of halogens is 1. The van der Waals surface area contributed by atoms with Crippen molar-refractivity contribution in [2.75, 3.05) is 6.54 Å². The van der Waals surface area contributed by atoms with E-state index in [9.17, 15) is 0 Å². The van der Waals surface area contributed by atoms with Crippen molar-refractivity contribution in [1.29, 1.82) is 0 Å². The van der Waals surface area contributed by atoms with Crippen molar-refractivity contribution >= 4 is 15.9 Å². The Bertz CT molecular complexity index is 310. The fourth-order valence-corrected chi connectivity index (χ4v) is 3.15. The van der Waals surface area contributed by atoms with Gasteiger partial charge in [-0.15, -0.1) is 0 Å². The molecule has 2 unspecified atom stereocenters. The van der Waals surface area contributed by atoms with E-state index < -0.39 is 0 Å². The molecule has 0 radical (unpaired) electrons. The highest BCUT2D eigenvalue weighted by Crippen LogP contribution is 2.25. The fourth-order valence-electron chi connectivity index (χ4n) is 2.55. The highest BCUT2D eigenvalue weighted by atomic mass is 79.9. The zero-order chi connectivity index (χ0) is 11.4. The van der Waals surface area contributed by atoms with Crippen LogP contribution in [0.25, 0.3) is 0 Å². The summed E-state index contributed by atoms with van der Waals surface area (Å²) in [6, 6.07) is 11.5. The van der Waals surface area contributed by atoms with Gasteiger partial charge in [0.15, 0.2) is 0 Å². The summed E-state index contributed by atoms with van der Waals surface area (Å²) in [5.41, 5.74) is 1.43. The number of alkyl halides is 1. The van der Waals surface area contributed by atoms with Crippen LogP contribution in [-0.4, -0.2) is 22.3 Å². The molecule has 16 heavy (non-hydrogen) atoms. The Hall–Kier alpha value is -0.340. The molecule has 0 spiro atoms. The summed E-state index contributed by atoms with van der Waals surface area (Å²) in [6.07, 6.45) is 4.06. The Morgan fingerprint density at radius 3 is 2.75 bits per heavy atom. The zero-order valence-electron chi connectivity index (χ0n) is 9.90. The SMILES string of the molecule is CC(Br)C1CCCCN1Cc1ccccc1.